The molecule has 2 saturated heterocycles. The SMILES string of the molecule is CC1(C)COB(c2c(F)cc(Nc3ncc(Cl)c(N[C@@H]4COCC[C@H]4C#N)n3)cc2CO[Si](C)(C)C(C)(C)C)OC1. The molecule has 1 aromatic carbocycles. The number of hydrogen-bond acceptors (Lipinski definition) is 9. The summed E-state index contributed by atoms with van der Waals surface area (Å²) in [6.07, 6.45) is 2.08. The van der Waals surface area contributed by atoms with E-state index in [1.807, 2.05) is 19.9 Å². The Labute approximate surface area is 248 Å². The second-order valence-electron chi connectivity index (χ2n) is 13.1. The fourth-order valence-electron chi connectivity index (χ4n) is 4.33. The lowest BCUT2D eigenvalue weighted by Gasteiger charge is -2.37. The molecular formula is C28H40BClFN5O4Si. The van der Waals surface area contributed by atoms with E-state index in [0.717, 1.165) is 0 Å². The average Bonchev–Trinajstić information content (AvgIpc) is 2.89. The summed E-state index contributed by atoms with van der Waals surface area (Å²) in [5.74, 6) is -0.120. The molecule has 2 N–H and O–H groups in total. The van der Waals surface area contributed by atoms with E-state index in [9.17, 15) is 5.26 Å². The van der Waals surface area contributed by atoms with Gasteiger partial charge in [0.05, 0.1) is 37.4 Å². The standard InChI is InChI=1S/C28H40BClFN5O4Si/c1-27(2,3)41(6,7)40-14-19-10-20(11-22(31)24(19)29-38-16-28(4,5)17-39-29)34-26-33-13-21(30)25(36-26)35-23-15-37-9-8-18(23)12-32/h10-11,13,18,23H,8-9,14-17H2,1-7H3,(H2,33,34,35,36)/t18-,23+/m0/s1. The Kier molecular flexibility index (Phi) is 9.68. The molecule has 4 rings (SSSR count). The molecule has 0 spiro atoms. The summed E-state index contributed by atoms with van der Waals surface area (Å²) in [5, 5.41) is 16.1. The van der Waals surface area contributed by atoms with Crippen LogP contribution in [0.3, 0.4) is 0 Å². The number of nitriles is 1. The molecule has 2 aliphatic heterocycles. The summed E-state index contributed by atoms with van der Waals surface area (Å²) in [5.41, 5.74) is 1.26. The van der Waals surface area contributed by atoms with Gasteiger partial charge >= 0.3 is 7.12 Å². The van der Waals surface area contributed by atoms with Crippen LogP contribution in [-0.4, -0.2) is 57.9 Å². The fraction of sp³-hybridized carbons (Fsp3) is 0.607. The van der Waals surface area contributed by atoms with Crippen LogP contribution < -0.4 is 16.1 Å². The van der Waals surface area contributed by atoms with Crippen LogP contribution in [0.5, 0.6) is 0 Å². The zero-order valence-corrected chi connectivity index (χ0v) is 26.7. The molecule has 222 valence electrons. The van der Waals surface area contributed by atoms with Crippen LogP contribution in [0.15, 0.2) is 18.3 Å². The summed E-state index contributed by atoms with van der Waals surface area (Å²) in [7, 11) is -2.97. The quantitative estimate of drug-likeness (QED) is 0.370. The Balaban J connectivity index is 1.61. The number of nitrogens with zero attached hydrogens (tertiary/aromatic N) is 3. The average molecular weight is 604 g/mol. The van der Waals surface area contributed by atoms with E-state index in [1.54, 1.807) is 0 Å². The molecule has 0 radical (unpaired) electrons. The summed E-state index contributed by atoms with van der Waals surface area (Å²) in [6, 6.07) is 5.26. The monoisotopic (exact) mass is 603 g/mol. The molecule has 2 fully saturated rings. The lowest BCUT2D eigenvalue weighted by Crippen LogP contribution is -2.50. The van der Waals surface area contributed by atoms with Crippen LogP contribution in [0.4, 0.5) is 21.8 Å². The molecule has 3 heterocycles. The molecule has 0 saturated carbocycles. The highest BCUT2D eigenvalue weighted by molar-refractivity contribution is 6.74. The molecule has 9 nitrogen and oxygen atoms in total. The predicted molar refractivity (Wildman–Crippen MR) is 162 cm³/mol. The van der Waals surface area contributed by atoms with Crippen LogP contribution in [0.2, 0.25) is 23.2 Å². The van der Waals surface area contributed by atoms with Gasteiger partial charge in [0.25, 0.3) is 0 Å². The van der Waals surface area contributed by atoms with Gasteiger partial charge in [0.15, 0.2) is 14.1 Å². The van der Waals surface area contributed by atoms with Gasteiger partial charge in [0.2, 0.25) is 5.95 Å². The smallest absolute Gasteiger partial charge is 0.413 e. The number of rotatable bonds is 8. The number of ether oxygens (including phenoxy) is 1. The number of halogens is 2. The first-order valence-electron chi connectivity index (χ1n) is 13.9. The zero-order valence-electron chi connectivity index (χ0n) is 24.9. The third kappa shape index (κ3) is 7.77. The second kappa shape index (κ2) is 12.5. The summed E-state index contributed by atoms with van der Waals surface area (Å²) < 4.78 is 39.8. The van der Waals surface area contributed by atoms with E-state index in [-0.39, 0.29) is 35.0 Å². The van der Waals surface area contributed by atoms with Gasteiger partial charge in [-0.15, -0.1) is 0 Å². The Morgan fingerprint density at radius 2 is 1.98 bits per heavy atom. The molecule has 41 heavy (non-hydrogen) atoms. The molecule has 0 aliphatic carbocycles. The van der Waals surface area contributed by atoms with Crippen molar-refractivity contribution in [3.8, 4) is 6.07 Å². The van der Waals surface area contributed by atoms with Crippen molar-refractivity contribution in [3.63, 3.8) is 0 Å². The Bertz CT molecular complexity index is 1280. The zero-order chi connectivity index (χ0) is 30.0. The molecule has 1 aromatic heterocycles. The Morgan fingerprint density at radius 3 is 2.63 bits per heavy atom. The number of hydrogen-bond donors (Lipinski definition) is 2. The van der Waals surface area contributed by atoms with Crippen LogP contribution >= 0.6 is 11.6 Å². The van der Waals surface area contributed by atoms with E-state index in [1.165, 1.54) is 12.3 Å². The first-order valence-corrected chi connectivity index (χ1v) is 17.2. The van der Waals surface area contributed by atoms with Gasteiger partial charge < -0.3 is 29.1 Å². The minimum absolute atomic E-state index is 0.0160. The summed E-state index contributed by atoms with van der Waals surface area (Å²) >= 11 is 6.37. The van der Waals surface area contributed by atoms with Gasteiger partial charge in [0.1, 0.15) is 10.8 Å². The second-order valence-corrected chi connectivity index (χ2v) is 18.3. The number of nitrogens with one attached hydrogen (secondary N) is 2. The lowest BCUT2D eigenvalue weighted by atomic mass is 9.73. The molecule has 13 heteroatoms. The third-order valence-electron chi connectivity index (χ3n) is 7.94. The predicted octanol–water partition coefficient (Wildman–Crippen LogP) is 5.64. The number of anilines is 3. The minimum Gasteiger partial charge on any atom is -0.413 e. The van der Waals surface area contributed by atoms with Crippen LogP contribution in [0.1, 0.15) is 46.6 Å². The molecule has 2 aliphatic rings. The fourth-order valence-corrected chi connectivity index (χ4v) is 5.43. The Hall–Kier alpha value is -2.27. The summed E-state index contributed by atoms with van der Waals surface area (Å²) in [4.78, 5) is 8.79. The molecule has 2 atom stereocenters. The van der Waals surface area contributed by atoms with E-state index in [2.05, 4.69) is 60.5 Å². The van der Waals surface area contributed by atoms with E-state index >= 15 is 4.39 Å². The van der Waals surface area contributed by atoms with Crippen molar-refractivity contribution in [2.24, 2.45) is 11.3 Å². The maximum absolute atomic E-state index is 15.8. The van der Waals surface area contributed by atoms with Gasteiger partial charge in [-0.3, -0.25) is 0 Å². The van der Waals surface area contributed by atoms with Gasteiger partial charge in [-0.05, 0) is 42.2 Å². The van der Waals surface area contributed by atoms with Crippen molar-refractivity contribution < 1.29 is 22.9 Å². The highest BCUT2D eigenvalue weighted by Crippen LogP contribution is 2.37. The number of aromatic nitrogens is 2. The van der Waals surface area contributed by atoms with Gasteiger partial charge in [-0.1, -0.05) is 46.2 Å². The first-order chi connectivity index (χ1) is 19.2. The molecule has 0 amide bonds. The Morgan fingerprint density at radius 1 is 1.27 bits per heavy atom. The summed E-state index contributed by atoms with van der Waals surface area (Å²) in [6.45, 7) is 16.9. The maximum atomic E-state index is 15.8. The van der Waals surface area contributed by atoms with Crippen LogP contribution in [0, 0.1) is 28.5 Å². The van der Waals surface area contributed by atoms with Crippen molar-refractivity contribution in [2.45, 2.75) is 71.8 Å². The highest BCUT2D eigenvalue weighted by Gasteiger charge is 2.40. The van der Waals surface area contributed by atoms with Gasteiger partial charge in [-0.25, -0.2) is 9.37 Å². The highest BCUT2D eigenvalue weighted by atomic mass is 35.5. The van der Waals surface area contributed by atoms with Crippen molar-refractivity contribution in [3.05, 3.63) is 34.7 Å². The lowest BCUT2D eigenvalue weighted by molar-refractivity contribution is 0.0339. The van der Waals surface area contributed by atoms with Crippen molar-refractivity contribution in [1.29, 1.82) is 5.26 Å². The van der Waals surface area contributed by atoms with Crippen molar-refractivity contribution >= 4 is 50.0 Å². The maximum Gasteiger partial charge on any atom is 0.497 e. The number of benzene rings is 1. The molecule has 0 bridgehead atoms. The minimum atomic E-state index is -2.14. The van der Waals surface area contributed by atoms with Gasteiger partial charge in [-0.2, -0.15) is 10.2 Å². The van der Waals surface area contributed by atoms with Crippen LogP contribution in [0.25, 0.3) is 0 Å². The van der Waals surface area contributed by atoms with Crippen LogP contribution in [-0.2, 0) is 25.1 Å². The first kappa shape index (κ1) is 31.7. The topological polar surface area (TPSA) is 111 Å². The molecule has 0 unspecified atom stereocenters. The third-order valence-corrected chi connectivity index (χ3v) is 12.7. The molecule has 2 aromatic rings. The largest absolute Gasteiger partial charge is 0.497 e. The van der Waals surface area contributed by atoms with Crippen molar-refractivity contribution in [2.75, 3.05) is 37.1 Å². The van der Waals surface area contributed by atoms with Crippen molar-refractivity contribution in [1.82, 2.24) is 9.97 Å². The molecular weight excluding hydrogens is 564 g/mol. The van der Waals surface area contributed by atoms with E-state index < -0.39 is 21.3 Å². The van der Waals surface area contributed by atoms with E-state index in [0.29, 0.717) is 60.4 Å². The van der Waals surface area contributed by atoms with Gasteiger partial charge in [0, 0.05) is 36.4 Å². The normalized spacial score (nSPS) is 21.3. The van der Waals surface area contributed by atoms with E-state index in [4.69, 9.17) is 30.1 Å².